The average molecular weight is 345 g/mol. The first kappa shape index (κ1) is 17.7. The zero-order valence-electron chi connectivity index (χ0n) is 15.1. The predicted octanol–water partition coefficient (Wildman–Crippen LogP) is 4.32. The van der Waals surface area contributed by atoms with Gasteiger partial charge >= 0.3 is 0 Å². The molecule has 1 unspecified atom stereocenters. The number of carbonyl (C=O) groups excluding carboxylic acids is 1. The minimum absolute atomic E-state index is 0.112. The molecule has 2 aromatic carbocycles. The molecule has 3 rings (SSSR count). The second kappa shape index (κ2) is 8.30. The summed E-state index contributed by atoms with van der Waals surface area (Å²) in [4.78, 5) is 13.0. The molecule has 0 aliphatic rings. The van der Waals surface area contributed by atoms with Crippen molar-refractivity contribution in [2.45, 2.75) is 26.4 Å². The Morgan fingerprint density at radius 2 is 1.73 bits per heavy atom. The van der Waals surface area contributed by atoms with E-state index in [9.17, 15) is 4.79 Å². The van der Waals surface area contributed by atoms with Crippen molar-refractivity contribution in [3.8, 4) is 0 Å². The molecule has 0 bridgehead atoms. The van der Waals surface area contributed by atoms with Crippen molar-refractivity contribution in [3.63, 3.8) is 0 Å². The first-order valence-electron chi connectivity index (χ1n) is 8.83. The first-order chi connectivity index (χ1) is 12.7. The molecule has 0 aliphatic carbocycles. The van der Waals surface area contributed by atoms with E-state index in [1.807, 2.05) is 97.5 Å². The molecular formula is C22H23N3O. The van der Waals surface area contributed by atoms with Crippen LogP contribution >= 0.6 is 0 Å². The average Bonchev–Trinajstić information content (AvgIpc) is 3.17. The number of carbonyl (C=O) groups is 1. The van der Waals surface area contributed by atoms with Crippen LogP contribution in [0.2, 0.25) is 0 Å². The summed E-state index contributed by atoms with van der Waals surface area (Å²) in [6.45, 7) is 4.80. The largest absolute Gasteiger partial charge is 0.344 e. The van der Waals surface area contributed by atoms with Gasteiger partial charge < -0.3 is 5.32 Å². The zero-order valence-corrected chi connectivity index (χ0v) is 15.1. The molecule has 0 saturated heterocycles. The molecule has 4 nitrogen and oxygen atoms in total. The number of benzene rings is 2. The smallest absolute Gasteiger partial charge is 0.252 e. The fourth-order valence-electron chi connectivity index (χ4n) is 2.75. The third-order valence-corrected chi connectivity index (χ3v) is 4.22. The number of nitrogens with one attached hydrogen (secondary N) is 1. The fraction of sp³-hybridized carbons (Fsp3) is 0.182. The van der Waals surface area contributed by atoms with Gasteiger partial charge in [-0.3, -0.25) is 9.48 Å². The molecule has 0 aliphatic heterocycles. The maximum Gasteiger partial charge on any atom is 0.252 e. The van der Waals surface area contributed by atoms with Crippen molar-refractivity contribution >= 4 is 17.6 Å². The number of rotatable bonds is 6. The van der Waals surface area contributed by atoms with E-state index in [1.54, 1.807) is 0 Å². The Morgan fingerprint density at radius 3 is 2.35 bits per heavy atom. The van der Waals surface area contributed by atoms with Gasteiger partial charge in [0, 0.05) is 18.3 Å². The maximum atomic E-state index is 13.0. The minimum Gasteiger partial charge on any atom is -0.344 e. The van der Waals surface area contributed by atoms with Gasteiger partial charge in [0.25, 0.3) is 5.91 Å². The molecule has 1 heterocycles. The molecule has 1 atom stereocenters. The first-order valence-corrected chi connectivity index (χ1v) is 8.83. The maximum absolute atomic E-state index is 13.0. The van der Waals surface area contributed by atoms with E-state index in [1.165, 1.54) is 0 Å². The molecule has 0 radical (unpaired) electrons. The normalized spacial score (nSPS) is 12.6. The van der Waals surface area contributed by atoms with Crippen molar-refractivity contribution in [1.82, 2.24) is 15.1 Å². The number of amides is 1. The highest BCUT2D eigenvalue weighted by atomic mass is 16.1. The second-order valence-corrected chi connectivity index (χ2v) is 6.13. The van der Waals surface area contributed by atoms with E-state index in [0.29, 0.717) is 5.57 Å². The summed E-state index contributed by atoms with van der Waals surface area (Å²) < 4.78 is 1.86. The van der Waals surface area contributed by atoms with E-state index in [4.69, 9.17) is 0 Å². The van der Waals surface area contributed by atoms with Crippen LogP contribution in [0.15, 0.2) is 72.9 Å². The van der Waals surface area contributed by atoms with Gasteiger partial charge in [0.05, 0.1) is 11.7 Å². The molecule has 0 spiro atoms. The molecule has 4 heteroatoms. The van der Waals surface area contributed by atoms with Gasteiger partial charge in [0.1, 0.15) is 0 Å². The lowest BCUT2D eigenvalue weighted by Gasteiger charge is -2.14. The van der Waals surface area contributed by atoms with Crippen LogP contribution in [0, 0.1) is 0 Å². The lowest BCUT2D eigenvalue weighted by Crippen LogP contribution is -2.27. The van der Waals surface area contributed by atoms with E-state index < -0.39 is 0 Å². The summed E-state index contributed by atoms with van der Waals surface area (Å²) in [6.07, 6.45) is 3.85. The molecule has 1 N–H and O–H groups in total. The van der Waals surface area contributed by atoms with Crippen molar-refractivity contribution in [2.24, 2.45) is 0 Å². The zero-order chi connectivity index (χ0) is 18.4. The van der Waals surface area contributed by atoms with E-state index in [-0.39, 0.29) is 11.9 Å². The Labute approximate surface area is 154 Å². The van der Waals surface area contributed by atoms with Crippen molar-refractivity contribution in [2.75, 3.05) is 0 Å². The van der Waals surface area contributed by atoms with Crippen molar-refractivity contribution in [1.29, 1.82) is 0 Å². The van der Waals surface area contributed by atoms with Crippen LogP contribution in [0.4, 0.5) is 0 Å². The summed E-state index contributed by atoms with van der Waals surface area (Å²) in [7, 11) is 0. The standard InChI is InChI=1S/C22H23N3O/c1-3-25-15-14-21(24-25)17(2)23-22(26)20(19-12-8-5-9-13-19)16-18-10-6-4-7-11-18/h4-17H,3H2,1-2H3,(H,23,26)/b20-16-. The summed E-state index contributed by atoms with van der Waals surface area (Å²) in [5.74, 6) is -0.112. The van der Waals surface area contributed by atoms with Crippen LogP contribution in [0.5, 0.6) is 0 Å². The van der Waals surface area contributed by atoms with Gasteiger partial charge in [-0.2, -0.15) is 5.10 Å². The Morgan fingerprint density at radius 1 is 1.08 bits per heavy atom. The van der Waals surface area contributed by atoms with Gasteiger partial charge in [-0.1, -0.05) is 60.7 Å². The lowest BCUT2D eigenvalue weighted by atomic mass is 10.0. The van der Waals surface area contributed by atoms with Crippen LogP contribution in [0.25, 0.3) is 11.6 Å². The third kappa shape index (κ3) is 4.28. The van der Waals surface area contributed by atoms with Crippen LogP contribution in [-0.4, -0.2) is 15.7 Å². The van der Waals surface area contributed by atoms with Crippen LogP contribution in [-0.2, 0) is 11.3 Å². The Balaban J connectivity index is 1.86. The Hall–Kier alpha value is -3.14. The molecule has 0 saturated carbocycles. The predicted molar refractivity (Wildman–Crippen MR) is 105 cm³/mol. The van der Waals surface area contributed by atoms with Crippen LogP contribution in [0.3, 0.4) is 0 Å². The highest BCUT2D eigenvalue weighted by molar-refractivity contribution is 6.24. The van der Waals surface area contributed by atoms with E-state index in [0.717, 1.165) is 23.4 Å². The Kier molecular flexibility index (Phi) is 5.64. The summed E-state index contributed by atoms with van der Waals surface area (Å²) in [5, 5.41) is 7.55. The topological polar surface area (TPSA) is 46.9 Å². The Bertz CT molecular complexity index is 882. The molecular weight excluding hydrogens is 322 g/mol. The summed E-state index contributed by atoms with van der Waals surface area (Å²) >= 11 is 0. The SMILES string of the molecule is CCn1ccc(C(C)NC(=O)/C(=C\c2ccccc2)c2ccccc2)n1. The van der Waals surface area contributed by atoms with E-state index >= 15 is 0 Å². The number of hydrogen-bond acceptors (Lipinski definition) is 2. The second-order valence-electron chi connectivity index (χ2n) is 6.13. The molecule has 132 valence electrons. The minimum atomic E-state index is -0.168. The van der Waals surface area contributed by atoms with Gasteiger partial charge in [0.2, 0.25) is 0 Å². The molecule has 0 fully saturated rings. The molecule has 1 amide bonds. The van der Waals surface area contributed by atoms with Gasteiger partial charge in [-0.15, -0.1) is 0 Å². The van der Waals surface area contributed by atoms with E-state index in [2.05, 4.69) is 10.4 Å². The molecule has 26 heavy (non-hydrogen) atoms. The fourth-order valence-corrected chi connectivity index (χ4v) is 2.75. The highest BCUT2D eigenvalue weighted by Crippen LogP contribution is 2.20. The highest BCUT2D eigenvalue weighted by Gasteiger charge is 2.17. The van der Waals surface area contributed by atoms with Gasteiger partial charge in [-0.25, -0.2) is 0 Å². The number of hydrogen-bond donors (Lipinski definition) is 1. The van der Waals surface area contributed by atoms with Gasteiger partial charge in [0.15, 0.2) is 0 Å². The summed E-state index contributed by atoms with van der Waals surface area (Å²) in [5.41, 5.74) is 3.37. The number of nitrogens with zero attached hydrogens (tertiary/aromatic N) is 2. The van der Waals surface area contributed by atoms with Crippen molar-refractivity contribution in [3.05, 3.63) is 89.7 Å². The molecule has 1 aromatic heterocycles. The van der Waals surface area contributed by atoms with Crippen molar-refractivity contribution < 1.29 is 4.79 Å². The monoisotopic (exact) mass is 345 g/mol. The van der Waals surface area contributed by atoms with Crippen LogP contribution < -0.4 is 5.32 Å². The van der Waals surface area contributed by atoms with Gasteiger partial charge in [-0.05, 0) is 37.1 Å². The van der Waals surface area contributed by atoms with Crippen LogP contribution in [0.1, 0.15) is 36.7 Å². The third-order valence-electron chi connectivity index (χ3n) is 4.22. The molecule has 3 aromatic rings. The number of aryl methyl sites for hydroxylation is 1. The number of aromatic nitrogens is 2. The lowest BCUT2D eigenvalue weighted by molar-refractivity contribution is -0.116. The quantitative estimate of drug-likeness (QED) is 0.534. The summed E-state index contributed by atoms with van der Waals surface area (Å²) in [6, 6.07) is 21.4.